The first-order valence-corrected chi connectivity index (χ1v) is 9.64. The first kappa shape index (κ1) is 19.7. The van der Waals surface area contributed by atoms with Crippen LogP contribution in [0, 0.1) is 0 Å². The molecule has 0 spiro atoms. The second kappa shape index (κ2) is 11.1. The summed E-state index contributed by atoms with van der Waals surface area (Å²) in [6.45, 7) is 9.21. The first-order valence-electron chi connectivity index (χ1n) is 9.64. The standard InChI is InChI=1S/C20H35N5/c1-4-21-20(22-11-14-25-12-6-5-7-13-25)23-16-18-9-8-10-19(15-18)17-24(2)3/h8-10,15H,4-7,11-14,16-17H2,1-3H3,(H2,21,22,23). The van der Waals surface area contributed by atoms with Gasteiger partial charge in [0.15, 0.2) is 5.96 Å². The lowest BCUT2D eigenvalue weighted by atomic mass is 10.1. The number of guanidine groups is 1. The van der Waals surface area contributed by atoms with Gasteiger partial charge in [0.05, 0.1) is 6.54 Å². The Bertz CT molecular complexity index is 521. The summed E-state index contributed by atoms with van der Waals surface area (Å²) in [5.74, 6) is 0.914. The highest BCUT2D eigenvalue weighted by Crippen LogP contribution is 2.09. The van der Waals surface area contributed by atoms with Crippen molar-refractivity contribution in [3.05, 3.63) is 35.4 Å². The van der Waals surface area contributed by atoms with Crippen molar-refractivity contribution in [1.29, 1.82) is 0 Å². The van der Waals surface area contributed by atoms with E-state index in [9.17, 15) is 0 Å². The second-order valence-corrected chi connectivity index (χ2v) is 7.08. The Morgan fingerprint density at radius 2 is 1.88 bits per heavy atom. The molecule has 0 unspecified atom stereocenters. The van der Waals surface area contributed by atoms with E-state index >= 15 is 0 Å². The number of aliphatic imine (C=N–C) groups is 1. The third kappa shape index (κ3) is 7.88. The lowest BCUT2D eigenvalue weighted by Crippen LogP contribution is -2.42. The highest BCUT2D eigenvalue weighted by Gasteiger charge is 2.09. The van der Waals surface area contributed by atoms with E-state index in [-0.39, 0.29) is 0 Å². The Balaban J connectivity index is 1.83. The third-order valence-electron chi connectivity index (χ3n) is 4.42. The monoisotopic (exact) mass is 345 g/mol. The maximum atomic E-state index is 4.75. The maximum absolute atomic E-state index is 4.75. The number of hydrogen-bond donors (Lipinski definition) is 2. The predicted octanol–water partition coefficient (Wildman–Crippen LogP) is 2.29. The van der Waals surface area contributed by atoms with Crippen molar-refractivity contribution in [2.75, 3.05) is 46.8 Å². The van der Waals surface area contributed by atoms with Crippen molar-refractivity contribution in [2.45, 2.75) is 39.3 Å². The summed E-state index contributed by atoms with van der Waals surface area (Å²) >= 11 is 0. The highest BCUT2D eigenvalue weighted by molar-refractivity contribution is 5.79. The summed E-state index contributed by atoms with van der Waals surface area (Å²) in [6.07, 6.45) is 4.08. The molecule has 5 nitrogen and oxygen atoms in total. The van der Waals surface area contributed by atoms with Gasteiger partial charge in [-0.25, -0.2) is 4.99 Å². The van der Waals surface area contributed by atoms with Crippen molar-refractivity contribution in [3.63, 3.8) is 0 Å². The Kier molecular flexibility index (Phi) is 8.77. The van der Waals surface area contributed by atoms with Crippen molar-refractivity contribution in [2.24, 2.45) is 4.99 Å². The average molecular weight is 346 g/mol. The largest absolute Gasteiger partial charge is 0.357 e. The third-order valence-corrected chi connectivity index (χ3v) is 4.42. The Morgan fingerprint density at radius 3 is 2.60 bits per heavy atom. The van der Waals surface area contributed by atoms with E-state index in [2.05, 4.69) is 65.7 Å². The number of hydrogen-bond acceptors (Lipinski definition) is 3. The molecular weight excluding hydrogens is 310 g/mol. The van der Waals surface area contributed by atoms with Gasteiger partial charge in [0.2, 0.25) is 0 Å². The number of piperidine rings is 1. The fourth-order valence-electron chi connectivity index (χ4n) is 3.22. The minimum Gasteiger partial charge on any atom is -0.357 e. The molecule has 1 aliphatic heterocycles. The minimum absolute atomic E-state index is 0.709. The van der Waals surface area contributed by atoms with Gasteiger partial charge in [-0.2, -0.15) is 0 Å². The van der Waals surface area contributed by atoms with Crippen molar-refractivity contribution < 1.29 is 0 Å². The molecule has 1 fully saturated rings. The fourth-order valence-corrected chi connectivity index (χ4v) is 3.22. The number of likely N-dealkylation sites (tertiary alicyclic amines) is 1. The number of nitrogens with zero attached hydrogens (tertiary/aromatic N) is 3. The van der Waals surface area contributed by atoms with E-state index in [0.29, 0.717) is 6.54 Å². The molecule has 1 aromatic rings. The smallest absolute Gasteiger partial charge is 0.191 e. The van der Waals surface area contributed by atoms with E-state index < -0.39 is 0 Å². The van der Waals surface area contributed by atoms with Crippen LogP contribution in [0.3, 0.4) is 0 Å². The predicted molar refractivity (Wildman–Crippen MR) is 107 cm³/mol. The molecule has 2 rings (SSSR count). The van der Waals surface area contributed by atoms with Crippen molar-refractivity contribution >= 4 is 5.96 Å². The Labute approximate surface area is 153 Å². The molecule has 0 aliphatic carbocycles. The molecule has 0 atom stereocenters. The van der Waals surface area contributed by atoms with E-state index in [4.69, 9.17) is 4.99 Å². The van der Waals surface area contributed by atoms with Gasteiger partial charge >= 0.3 is 0 Å². The summed E-state index contributed by atoms with van der Waals surface area (Å²) in [5.41, 5.74) is 2.59. The Morgan fingerprint density at radius 1 is 1.12 bits per heavy atom. The van der Waals surface area contributed by atoms with Crippen LogP contribution >= 0.6 is 0 Å². The molecular formula is C20H35N5. The van der Waals surface area contributed by atoms with Crippen LogP contribution in [0.25, 0.3) is 0 Å². The molecule has 1 aliphatic rings. The molecule has 0 aromatic heterocycles. The SMILES string of the molecule is CCNC(=NCc1cccc(CN(C)C)c1)NCCN1CCCCC1. The van der Waals surface area contributed by atoms with Crippen molar-refractivity contribution in [1.82, 2.24) is 20.4 Å². The van der Waals surface area contributed by atoms with Gasteiger partial charge in [-0.15, -0.1) is 0 Å². The number of benzene rings is 1. The van der Waals surface area contributed by atoms with Crippen LogP contribution in [0.5, 0.6) is 0 Å². The van der Waals surface area contributed by atoms with Crippen LogP contribution < -0.4 is 10.6 Å². The molecule has 1 saturated heterocycles. The van der Waals surface area contributed by atoms with E-state index in [1.165, 1.54) is 43.5 Å². The fraction of sp³-hybridized carbons (Fsp3) is 0.650. The Hall–Kier alpha value is -1.59. The molecule has 140 valence electrons. The topological polar surface area (TPSA) is 42.9 Å². The lowest BCUT2D eigenvalue weighted by molar-refractivity contribution is 0.232. The molecule has 0 radical (unpaired) electrons. The molecule has 0 saturated carbocycles. The van der Waals surface area contributed by atoms with Crippen LogP contribution in [0.15, 0.2) is 29.3 Å². The van der Waals surface area contributed by atoms with Gasteiger partial charge in [0, 0.05) is 26.2 Å². The van der Waals surface area contributed by atoms with E-state index in [1.807, 2.05) is 0 Å². The second-order valence-electron chi connectivity index (χ2n) is 7.08. The van der Waals surface area contributed by atoms with Gasteiger partial charge in [-0.3, -0.25) is 0 Å². The zero-order valence-electron chi connectivity index (χ0n) is 16.2. The van der Waals surface area contributed by atoms with Crippen LogP contribution in [0.1, 0.15) is 37.3 Å². The maximum Gasteiger partial charge on any atom is 0.191 e. The summed E-state index contributed by atoms with van der Waals surface area (Å²) in [7, 11) is 4.20. The molecule has 2 N–H and O–H groups in total. The van der Waals surface area contributed by atoms with Crippen molar-refractivity contribution in [3.8, 4) is 0 Å². The quantitative estimate of drug-likeness (QED) is 0.560. The molecule has 0 amide bonds. The van der Waals surface area contributed by atoms with Crippen LogP contribution in [0.4, 0.5) is 0 Å². The summed E-state index contributed by atoms with van der Waals surface area (Å²) in [4.78, 5) is 9.48. The van der Waals surface area contributed by atoms with Gasteiger partial charge < -0.3 is 20.4 Å². The van der Waals surface area contributed by atoms with Crippen LogP contribution in [-0.4, -0.2) is 62.6 Å². The number of rotatable bonds is 8. The highest BCUT2D eigenvalue weighted by atomic mass is 15.2. The lowest BCUT2D eigenvalue weighted by Gasteiger charge is -2.26. The molecule has 1 aromatic carbocycles. The van der Waals surface area contributed by atoms with Gasteiger partial charge in [0.1, 0.15) is 0 Å². The van der Waals surface area contributed by atoms with Gasteiger partial charge in [-0.1, -0.05) is 30.7 Å². The molecule has 5 heteroatoms. The minimum atomic E-state index is 0.709. The van der Waals surface area contributed by atoms with Crippen LogP contribution in [0.2, 0.25) is 0 Å². The van der Waals surface area contributed by atoms with Gasteiger partial charge in [0.25, 0.3) is 0 Å². The van der Waals surface area contributed by atoms with E-state index in [1.54, 1.807) is 0 Å². The molecule has 25 heavy (non-hydrogen) atoms. The zero-order valence-corrected chi connectivity index (χ0v) is 16.2. The summed E-state index contributed by atoms with van der Waals surface area (Å²) in [6, 6.07) is 8.70. The zero-order chi connectivity index (χ0) is 17.9. The summed E-state index contributed by atoms with van der Waals surface area (Å²) < 4.78 is 0. The average Bonchev–Trinajstić information content (AvgIpc) is 2.60. The van der Waals surface area contributed by atoms with Gasteiger partial charge in [-0.05, 0) is 58.1 Å². The first-order chi connectivity index (χ1) is 12.2. The summed E-state index contributed by atoms with van der Waals surface area (Å²) in [5, 5.41) is 6.82. The van der Waals surface area contributed by atoms with E-state index in [0.717, 1.165) is 32.1 Å². The normalized spacial score (nSPS) is 16.2. The molecule has 0 bridgehead atoms. The molecule has 1 heterocycles. The van der Waals surface area contributed by atoms with Crippen LogP contribution in [-0.2, 0) is 13.1 Å². The number of nitrogens with one attached hydrogen (secondary N) is 2.